The van der Waals surface area contributed by atoms with Crippen molar-refractivity contribution in [3.05, 3.63) is 86.9 Å². The first kappa shape index (κ1) is 26.9. The van der Waals surface area contributed by atoms with Gasteiger partial charge >= 0.3 is 6.18 Å². The number of likely N-dealkylation sites (N-methyl/N-ethyl adjacent to an activating group) is 1. The number of amides is 2. The summed E-state index contributed by atoms with van der Waals surface area (Å²) < 4.78 is 39.6. The number of carbonyl (C=O) groups is 2. The molecule has 0 unspecified atom stereocenters. The van der Waals surface area contributed by atoms with Gasteiger partial charge in [-0.15, -0.1) is 0 Å². The second-order valence-corrected chi connectivity index (χ2v) is 8.72. The molecular weight excluding hydrogens is 497 g/mol. The van der Waals surface area contributed by atoms with Crippen LogP contribution >= 0.6 is 11.6 Å². The van der Waals surface area contributed by atoms with Gasteiger partial charge in [-0.1, -0.05) is 35.9 Å². The largest absolute Gasteiger partial charge is 0.389 e. The van der Waals surface area contributed by atoms with Gasteiger partial charge in [0.05, 0.1) is 18.8 Å². The molecule has 0 atom stereocenters. The zero-order valence-electron chi connectivity index (χ0n) is 19.4. The number of benzene rings is 2. The minimum Gasteiger partial charge on any atom is -0.368 e. The van der Waals surface area contributed by atoms with Gasteiger partial charge < -0.3 is 10.6 Å². The molecular formula is C25H24ClF3N4O3. The van der Waals surface area contributed by atoms with E-state index in [1.165, 1.54) is 22.6 Å². The van der Waals surface area contributed by atoms with E-state index < -0.39 is 30.0 Å². The zero-order chi connectivity index (χ0) is 26.5. The van der Waals surface area contributed by atoms with Crippen molar-refractivity contribution in [3.8, 4) is 11.3 Å². The molecule has 2 aromatic carbocycles. The van der Waals surface area contributed by atoms with E-state index in [1.807, 2.05) is 0 Å². The van der Waals surface area contributed by atoms with E-state index in [1.54, 1.807) is 48.5 Å². The van der Waals surface area contributed by atoms with Crippen LogP contribution in [0.1, 0.15) is 34.6 Å². The highest BCUT2D eigenvalue weighted by atomic mass is 35.5. The summed E-state index contributed by atoms with van der Waals surface area (Å²) >= 11 is 5.92. The maximum atomic E-state index is 13.1. The minimum atomic E-state index is -4.33. The van der Waals surface area contributed by atoms with Crippen molar-refractivity contribution in [2.45, 2.75) is 32.0 Å². The molecule has 2 N–H and O–H groups in total. The Morgan fingerprint density at radius 1 is 1.11 bits per heavy atom. The molecule has 7 nitrogen and oxygen atoms in total. The monoisotopic (exact) mass is 520 g/mol. The van der Waals surface area contributed by atoms with Crippen molar-refractivity contribution in [2.24, 2.45) is 5.73 Å². The summed E-state index contributed by atoms with van der Waals surface area (Å²) in [5.41, 5.74) is 6.47. The molecule has 0 fully saturated rings. The smallest absolute Gasteiger partial charge is 0.368 e. The number of primary amides is 1. The summed E-state index contributed by atoms with van der Waals surface area (Å²) in [6.45, 7) is -0.267. The van der Waals surface area contributed by atoms with Crippen LogP contribution in [-0.2, 0) is 17.8 Å². The number of alkyl halides is 3. The van der Waals surface area contributed by atoms with Crippen LogP contribution in [0.2, 0.25) is 5.02 Å². The first-order valence-corrected chi connectivity index (χ1v) is 11.4. The molecule has 0 saturated carbocycles. The van der Waals surface area contributed by atoms with Crippen LogP contribution in [0, 0.1) is 0 Å². The maximum absolute atomic E-state index is 13.1. The fourth-order valence-corrected chi connectivity index (χ4v) is 3.77. The van der Waals surface area contributed by atoms with Crippen LogP contribution in [0.4, 0.5) is 13.2 Å². The van der Waals surface area contributed by atoms with Crippen LogP contribution < -0.4 is 11.3 Å². The predicted octanol–water partition coefficient (Wildman–Crippen LogP) is 4.05. The predicted molar refractivity (Wildman–Crippen MR) is 130 cm³/mol. The lowest BCUT2D eigenvalue weighted by atomic mass is 10.1. The van der Waals surface area contributed by atoms with E-state index in [-0.39, 0.29) is 37.3 Å². The van der Waals surface area contributed by atoms with Gasteiger partial charge in [0.15, 0.2) is 0 Å². The topological polar surface area (TPSA) is 98.3 Å². The Labute approximate surface area is 210 Å². The molecule has 0 aliphatic rings. The molecule has 11 heteroatoms. The SMILES string of the molecule is CN(CC(N)=O)C(=O)c1cccc(Cn2c(CCCC(F)(F)F)nc(-c3ccc(Cl)cc3)cc2=O)c1. The number of carbonyl (C=O) groups excluding carboxylic acids is 2. The number of nitrogens with zero attached hydrogens (tertiary/aromatic N) is 3. The fourth-order valence-electron chi connectivity index (χ4n) is 3.64. The Morgan fingerprint density at radius 2 is 1.81 bits per heavy atom. The molecule has 0 bridgehead atoms. The normalized spacial score (nSPS) is 11.4. The molecule has 2 amide bonds. The maximum Gasteiger partial charge on any atom is 0.389 e. The first-order chi connectivity index (χ1) is 16.9. The number of nitrogens with two attached hydrogens (primary N) is 1. The summed E-state index contributed by atoms with van der Waals surface area (Å²) in [6.07, 6.45) is -5.65. The number of rotatable bonds is 9. The van der Waals surface area contributed by atoms with Gasteiger partial charge in [0.25, 0.3) is 11.5 Å². The van der Waals surface area contributed by atoms with Crippen LogP contribution in [0.15, 0.2) is 59.4 Å². The van der Waals surface area contributed by atoms with Crippen molar-refractivity contribution in [1.82, 2.24) is 14.5 Å². The molecule has 0 spiro atoms. The quantitative estimate of drug-likeness (QED) is 0.460. The van der Waals surface area contributed by atoms with Gasteiger partial charge in [0, 0.05) is 42.1 Å². The molecule has 0 saturated heterocycles. The Balaban J connectivity index is 1.95. The minimum absolute atomic E-state index is 0.00522. The van der Waals surface area contributed by atoms with E-state index in [9.17, 15) is 27.6 Å². The van der Waals surface area contributed by atoms with E-state index in [2.05, 4.69) is 4.98 Å². The lowest BCUT2D eigenvalue weighted by Crippen LogP contribution is -2.35. The van der Waals surface area contributed by atoms with Gasteiger partial charge in [0.1, 0.15) is 5.82 Å². The summed E-state index contributed by atoms with van der Waals surface area (Å²) in [7, 11) is 1.43. The lowest BCUT2D eigenvalue weighted by Gasteiger charge is -2.17. The van der Waals surface area contributed by atoms with Crippen LogP contribution in [0.3, 0.4) is 0 Å². The lowest BCUT2D eigenvalue weighted by molar-refractivity contribution is -0.135. The molecule has 1 heterocycles. The highest BCUT2D eigenvalue weighted by Crippen LogP contribution is 2.24. The number of aromatic nitrogens is 2. The third-order valence-corrected chi connectivity index (χ3v) is 5.59. The fraction of sp³-hybridized carbons (Fsp3) is 0.280. The summed E-state index contributed by atoms with van der Waals surface area (Å²) in [5.74, 6) is -0.909. The highest BCUT2D eigenvalue weighted by molar-refractivity contribution is 6.30. The molecule has 0 aliphatic carbocycles. The van der Waals surface area contributed by atoms with Crippen LogP contribution in [0.5, 0.6) is 0 Å². The standard InChI is InChI=1S/C25H24ClF3N4O3/c1-32(15-21(30)34)24(36)18-5-2-4-16(12-18)14-33-22(6-3-11-25(27,28)29)31-20(13-23(33)35)17-7-9-19(26)10-8-17/h2,4-5,7-10,12-13H,3,6,11,14-15H2,1H3,(H2,30,34). The van der Waals surface area contributed by atoms with Crippen LogP contribution in [-0.4, -0.2) is 46.0 Å². The van der Waals surface area contributed by atoms with Gasteiger partial charge in [-0.25, -0.2) is 4.98 Å². The Kier molecular flexibility index (Phi) is 8.52. The van der Waals surface area contributed by atoms with Crippen molar-refractivity contribution in [2.75, 3.05) is 13.6 Å². The number of aryl methyl sites for hydroxylation is 1. The van der Waals surface area contributed by atoms with Gasteiger partial charge in [-0.2, -0.15) is 13.2 Å². The summed E-state index contributed by atoms with van der Waals surface area (Å²) in [4.78, 5) is 42.5. The zero-order valence-corrected chi connectivity index (χ0v) is 20.1. The number of hydrogen-bond donors (Lipinski definition) is 1. The van der Waals surface area contributed by atoms with Crippen molar-refractivity contribution in [3.63, 3.8) is 0 Å². The third kappa shape index (κ3) is 7.42. The number of hydrogen-bond acceptors (Lipinski definition) is 4. The van der Waals surface area contributed by atoms with E-state index in [4.69, 9.17) is 17.3 Å². The molecule has 0 radical (unpaired) electrons. The Hall–Kier alpha value is -3.66. The Bertz CT molecular complexity index is 1310. The molecule has 1 aromatic heterocycles. The van der Waals surface area contributed by atoms with E-state index >= 15 is 0 Å². The second kappa shape index (κ2) is 11.4. The molecule has 3 aromatic rings. The average molecular weight is 521 g/mol. The van der Waals surface area contributed by atoms with E-state index in [0.717, 1.165) is 0 Å². The molecule has 3 rings (SSSR count). The van der Waals surface area contributed by atoms with Crippen molar-refractivity contribution >= 4 is 23.4 Å². The van der Waals surface area contributed by atoms with Crippen LogP contribution in [0.25, 0.3) is 11.3 Å². The van der Waals surface area contributed by atoms with Crippen molar-refractivity contribution < 1.29 is 22.8 Å². The second-order valence-electron chi connectivity index (χ2n) is 8.29. The van der Waals surface area contributed by atoms with Crippen molar-refractivity contribution in [1.29, 1.82) is 0 Å². The molecule has 0 aliphatic heterocycles. The average Bonchev–Trinajstić information content (AvgIpc) is 2.80. The highest BCUT2D eigenvalue weighted by Gasteiger charge is 2.26. The first-order valence-electron chi connectivity index (χ1n) is 11.0. The van der Waals surface area contributed by atoms with Gasteiger partial charge in [0.2, 0.25) is 5.91 Å². The van der Waals surface area contributed by atoms with Gasteiger partial charge in [-0.05, 0) is 36.2 Å². The summed E-state index contributed by atoms with van der Waals surface area (Å²) in [5, 5.41) is 0.494. The van der Waals surface area contributed by atoms with E-state index in [0.29, 0.717) is 21.8 Å². The molecule has 190 valence electrons. The number of halogens is 4. The Morgan fingerprint density at radius 3 is 2.44 bits per heavy atom. The third-order valence-electron chi connectivity index (χ3n) is 5.34. The van der Waals surface area contributed by atoms with Gasteiger partial charge in [-0.3, -0.25) is 19.0 Å². The summed E-state index contributed by atoms with van der Waals surface area (Å²) in [6, 6.07) is 14.3. The molecule has 36 heavy (non-hydrogen) atoms.